The van der Waals surface area contributed by atoms with Crippen LogP contribution in [0, 0.1) is 6.92 Å². The number of rotatable bonds is 6. The highest BCUT2D eigenvalue weighted by atomic mass is 35.5. The van der Waals surface area contributed by atoms with E-state index in [2.05, 4.69) is 10.0 Å². The van der Waals surface area contributed by atoms with Crippen LogP contribution in [0.3, 0.4) is 0 Å². The van der Waals surface area contributed by atoms with Crippen LogP contribution in [0.15, 0.2) is 23.1 Å². The van der Waals surface area contributed by atoms with Crippen LogP contribution in [0.25, 0.3) is 0 Å². The number of aryl methyl sites for hydroxylation is 1. The highest BCUT2D eigenvalue weighted by Gasteiger charge is 2.34. The average molecular weight is 369 g/mol. The Kier molecular flexibility index (Phi) is 7.11. The van der Waals surface area contributed by atoms with Gasteiger partial charge in [0.1, 0.15) is 0 Å². The Morgan fingerprint density at radius 1 is 1.45 bits per heavy atom. The first kappa shape index (κ1) is 19.7. The summed E-state index contributed by atoms with van der Waals surface area (Å²) in [5.74, 6) is 0. The largest absolute Gasteiger partial charge is 0.383 e. The number of nitrogens with one attached hydrogen (secondary N) is 2. The van der Waals surface area contributed by atoms with Crippen molar-refractivity contribution in [2.45, 2.75) is 30.2 Å². The Morgan fingerprint density at radius 3 is 2.73 bits per heavy atom. The van der Waals surface area contributed by atoms with E-state index in [1.807, 2.05) is 6.92 Å². The first-order chi connectivity index (χ1) is 9.88. The molecule has 1 saturated heterocycles. The summed E-state index contributed by atoms with van der Waals surface area (Å²) in [5.41, 5.74) is 0.528. The van der Waals surface area contributed by atoms with Gasteiger partial charge in [0.15, 0.2) is 0 Å². The Hall–Kier alpha value is -0.370. The summed E-state index contributed by atoms with van der Waals surface area (Å²) in [7, 11) is -1.95. The highest BCUT2D eigenvalue weighted by molar-refractivity contribution is 7.89. The van der Waals surface area contributed by atoms with Gasteiger partial charge in [0.25, 0.3) is 0 Å². The molecular weight excluding hydrogens is 347 g/mol. The van der Waals surface area contributed by atoms with Gasteiger partial charge >= 0.3 is 0 Å². The van der Waals surface area contributed by atoms with Gasteiger partial charge in [-0.05, 0) is 44.0 Å². The normalized spacial score (nSPS) is 21.6. The molecule has 0 radical (unpaired) electrons. The maximum Gasteiger partial charge on any atom is 0.240 e. The summed E-state index contributed by atoms with van der Waals surface area (Å²) in [5, 5.41) is 3.79. The van der Waals surface area contributed by atoms with Gasteiger partial charge in [0.05, 0.1) is 17.0 Å². The van der Waals surface area contributed by atoms with Gasteiger partial charge in [-0.3, -0.25) is 0 Å². The number of methoxy groups -OCH3 is 1. The van der Waals surface area contributed by atoms with Crippen molar-refractivity contribution >= 4 is 34.0 Å². The van der Waals surface area contributed by atoms with Crippen LogP contribution in [-0.2, 0) is 14.8 Å². The fraction of sp³-hybridized carbons (Fsp3) is 0.571. The zero-order chi connectivity index (χ0) is 15.5. The van der Waals surface area contributed by atoms with Gasteiger partial charge in [-0.15, -0.1) is 12.4 Å². The molecule has 1 atom stereocenters. The second-order valence-corrected chi connectivity index (χ2v) is 7.65. The molecule has 0 aliphatic carbocycles. The van der Waals surface area contributed by atoms with Crippen LogP contribution in [0.5, 0.6) is 0 Å². The Bertz CT molecular complexity index is 602. The molecule has 0 spiro atoms. The SMILES string of the molecule is COCC1(CNS(=O)(=O)c2ccc(C)c(Cl)c2)CCCN1.Cl. The average Bonchev–Trinajstić information content (AvgIpc) is 2.89. The van der Waals surface area contributed by atoms with Crippen molar-refractivity contribution in [2.75, 3.05) is 26.8 Å². The molecule has 126 valence electrons. The van der Waals surface area contributed by atoms with Crippen LogP contribution < -0.4 is 10.0 Å². The minimum Gasteiger partial charge on any atom is -0.383 e. The fourth-order valence-corrected chi connectivity index (χ4v) is 3.93. The molecule has 5 nitrogen and oxygen atoms in total. The third-order valence-corrected chi connectivity index (χ3v) is 5.61. The number of benzene rings is 1. The van der Waals surface area contributed by atoms with Gasteiger partial charge in [-0.1, -0.05) is 17.7 Å². The molecule has 1 aliphatic heterocycles. The third kappa shape index (κ3) is 4.57. The molecule has 1 aliphatic rings. The standard InChI is InChI=1S/C14H21ClN2O3S.ClH/c1-11-4-5-12(8-13(11)15)21(18,19)17-9-14(10-20-2)6-3-7-16-14;/h4-5,8,16-17H,3,6-7,9-10H2,1-2H3;1H. The van der Waals surface area contributed by atoms with E-state index in [1.165, 1.54) is 6.07 Å². The molecule has 1 aromatic rings. The highest BCUT2D eigenvalue weighted by Crippen LogP contribution is 2.22. The van der Waals surface area contributed by atoms with E-state index in [4.69, 9.17) is 16.3 Å². The Morgan fingerprint density at radius 2 is 2.18 bits per heavy atom. The first-order valence-electron chi connectivity index (χ1n) is 6.88. The summed E-state index contributed by atoms with van der Waals surface area (Å²) in [6.07, 6.45) is 1.90. The van der Waals surface area contributed by atoms with Crippen LogP contribution in [0.1, 0.15) is 18.4 Å². The quantitative estimate of drug-likeness (QED) is 0.806. The van der Waals surface area contributed by atoms with E-state index >= 15 is 0 Å². The summed E-state index contributed by atoms with van der Waals surface area (Å²) < 4.78 is 32.6. The van der Waals surface area contributed by atoms with Crippen molar-refractivity contribution in [3.63, 3.8) is 0 Å². The zero-order valence-corrected chi connectivity index (χ0v) is 15.1. The molecule has 1 unspecified atom stereocenters. The monoisotopic (exact) mass is 368 g/mol. The van der Waals surface area contributed by atoms with Gasteiger partial charge in [0.2, 0.25) is 10.0 Å². The van der Waals surface area contributed by atoms with Crippen molar-refractivity contribution in [2.24, 2.45) is 0 Å². The third-order valence-electron chi connectivity index (χ3n) is 3.81. The van der Waals surface area contributed by atoms with Crippen LogP contribution >= 0.6 is 24.0 Å². The van der Waals surface area contributed by atoms with Crippen LogP contribution in [0.4, 0.5) is 0 Å². The predicted molar refractivity (Wildman–Crippen MR) is 90.5 cm³/mol. The van der Waals surface area contributed by atoms with E-state index in [0.717, 1.165) is 24.9 Å². The van der Waals surface area contributed by atoms with Crippen molar-refractivity contribution in [3.05, 3.63) is 28.8 Å². The molecule has 22 heavy (non-hydrogen) atoms. The molecule has 0 saturated carbocycles. The van der Waals surface area contributed by atoms with Crippen LogP contribution in [-0.4, -0.2) is 40.8 Å². The van der Waals surface area contributed by atoms with E-state index in [1.54, 1.807) is 19.2 Å². The molecule has 0 amide bonds. The lowest BCUT2D eigenvalue weighted by molar-refractivity contribution is 0.122. The predicted octanol–water partition coefficient (Wildman–Crippen LogP) is 2.12. The van der Waals surface area contributed by atoms with Crippen molar-refractivity contribution in [1.82, 2.24) is 10.0 Å². The van der Waals surface area contributed by atoms with Crippen molar-refractivity contribution in [3.8, 4) is 0 Å². The minimum absolute atomic E-state index is 0. The number of hydrogen-bond donors (Lipinski definition) is 2. The zero-order valence-electron chi connectivity index (χ0n) is 12.7. The summed E-state index contributed by atoms with van der Waals surface area (Å²) in [6.45, 7) is 3.49. The first-order valence-corrected chi connectivity index (χ1v) is 8.74. The molecule has 1 fully saturated rings. The topological polar surface area (TPSA) is 67.4 Å². The van der Waals surface area contributed by atoms with Gasteiger partial charge in [-0.25, -0.2) is 13.1 Å². The minimum atomic E-state index is -3.57. The molecule has 0 bridgehead atoms. The van der Waals surface area contributed by atoms with Crippen molar-refractivity contribution < 1.29 is 13.2 Å². The van der Waals surface area contributed by atoms with E-state index in [9.17, 15) is 8.42 Å². The number of sulfonamides is 1. The maximum absolute atomic E-state index is 12.4. The summed E-state index contributed by atoms with van der Waals surface area (Å²) in [6, 6.07) is 4.74. The fourth-order valence-electron chi connectivity index (χ4n) is 2.53. The van der Waals surface area contributed by atoms with Crippen molar-refractivity contribution in [1.29, 1.82) is 0 Å². The molecule has 2 N–H and O–H groups in total. The molecule has 2 rings (SSSR count). The van der Waals surface area contributed by atoms with Gasteiger partial charge in [-0.2, -0.15) is 0 Å². The lowest BCUT2D eigenvalue weighted by Crippen LogP contribution is -2.52. The molecule has 1 heterocycles. The molecule has 8 heteroatoms. The van der Waals surface area contributed by atoms with E-state index in [0.29, 0.717) is 18.2 Å². The number of ether oxygens (including phenoxy) is 1. The molecule has 1 aromatic carbocycles. The van der Waals surface area contributed by atoms with Gasteiger partial charge < -0.3 is 10.1 Å². The lowest BCUT2D eigenvalue weighted by Gasteiger charge is -2.28. The summed E-state index contributed by atoms with van der Waals surface area (Å²) in [4.78, 5) is 0.184. The molecular formula is C14H22Cl2N2O3S. The van der Waals surface area contributed by atoms with E-state index in [-0.39, 0.29) is 22.8 Å². The summed E-state index contributed by atoms with van der Waals surface area (Å²) >= 11 is 6.00. The van der Waals surface area contributed by atoms with E-state index < -0.39 is 10.0 Å². The van der Waals surface area contributed by atoms with Crippen LogP contribution in [0.2, 0.25) is 5.02 Å². The number of halogens is 2. The second-order valence-electron chi connectivity index (χ2n) is 5.48. The maximum atomic E-state index is 12.4. The number of hydrogen-bond acceptors (Lipinski definition) is 4. The lowest BCUT2D eigenvalue weighted by atomic mass is 9.99. The second kappa shape index (κ2) is 7.95. The van der Waals surface area contributed by atoms with Gasteiger partial charge in [0, 0.05) is 18.7 Å². The Balaban J connectivity index is 0.00000242. The molecule has 0 aromatic heterocycles. The Labute approximate surface area is 143 Å². The smallest absolute Gasteiger partial charge is 0.240 e.